The molecule has 6 aromatic carbocycles. The molecule has 0 spiro atoms. The molecule has 0 heterocycles. The van der Waals surface area contributed by atoms with Gasteiger partial charge in [0.05, 0.1) is 0 Å². The summed E-state index contributed by atoms with van der Waals surface area (Å²) < 4.78 is 0. The summed E-state index contributed by atoms with van der Waals surface area (Å²) in [5.74, 6) is 3.06. The van der Waals surface area contributed by atoms with Gasteiger partial charge in [0.15, 0.2) is 0 Å². The van der Waals surface area contributed by atoms with E-state index >= 15 is 0 Å². The van der Waals surface area contributed by atoms with Crippen LogP contribution in [0.4, 0.5) is 0 Å². The van der Waals surface area contributed by atoms with Crippen molar-refractivity contribution in [3.05, 3.63) is 121 Å². The van der Waals surface area contributed by atoms with E-state index < -0.39 is 0 Å². The largest absolute Gasteiger partial charge is 4.00 e. The van der Waals surface area contributed by atoms with Crippen molar-refractivity contribution in [1.29, 1.82) is 0 Å². The molecule has 0 nitrogen and oxygen atoms in total. The number of rotatable bonds is 12. The summed E-state index contributed by atoms with van der Waals surface area (Å²) in [7, 11) is -0.126. The van der Waals surface area contributed by atoms with Crippen LogP contribution in [0.1, 0.15) is 55.4 Å². The van der Waals surface area contributed by atoms with E-state index in [2.05, 4.69) is 177 Å². The first kappa shape index (κ1) is 45.4. The Hall–Kier alpha value is -1.75. The monoisotopic (exact) mass is 788 g/mol. The molecule has 0 unspecified atom stereocenters. The number of halogens is 2. The predicted molar refractivity (Wildman–Crippen MR) is 222 cm³/mol. The summed E-state index contributed by atoms with van der Waals surface area (Å²) in [6.45, 7) is 18.8. The van der Waals surface area contributed by atoms with Crippen molar-refractivity contribution in [3.8, 4) is 22.3 Å². The molecule has 0 saturated heterocycles. The maximum absolute atomic E-state index is 2.48. The Morgan fingerprint density at radius 1 is 0.431 bits per heavy atom. The van der Waals surface area contributed by atoms with Gasteiger partial charge in [0.25, 0.3) is 0 Å². The molecule has 0 aliphatic rings. The third-order valence-corrected chi connectivity index (χ3v) is 15.4. The van der Waals surface area contributed by atoms with Crippen LogP contribution in [0.2, 0.25) is 0 Å². The molecule has 6 rings (SSSR count). The minimum atomic E-state index is -0.0628. The molecule has 0 saturated carbocycles. The van der Waals surface area contributed by atoms with Crippen LogP contribution >= 0.6 is 15.8 Å². The Bertz CT molecular complexity index is 1700. The second kappa shape index (κ2) is 21.8. The first-order chi connectivity index (χ1) is 23.1. The summed E-state index contributed by atoms with van der Waals surface area (Å²) in [6.07, 6.45) is 5.35. The van der Waals surface area contributed by atoms with Crippen molar-refractivity contribution < 1.29 is 46.5 Å². The fourth-order valence-corrected chi connectivity index (χ4v) is 12.8. The van der Waals surface area contributed by atoms with Crippen molar-refractivity contribution in [3.63, 3.8) is 0 Å². The van der Waals surface area contributed by atoms with Crippen LogP contribution in [-0.4, -0.2) is 24.6 Å². The minimum absolute atomic E-state index is 0. The molecule has 268 valence electrons. The fourth-order valence-electron chi connectivity index (χ4n) is 6.88. The molecule has 0 N–H and O–H groups in total. The summed E-state index contributed by atoms with van der Waals surface area (Å²) >= 11 is 0. The zero-order valence-electron chi connectivity index (χ0n) is 31.8. The third-order valence-electron chi connectivity index (χ3n) is 8.71. The normalized spacial score (nSPS) is 11.3. The Labute approximate surface area is 339 Å². The molecule has 0 amide bonds. The van der Waals surface area contributed by atoms with E-state index in [-0.39, 0.29) is 62.4 Å². The summed E-state index contributed by atoms with van der Waals surface area (Å²) in [5, 5.41) is 8.80. The minimum Gasteiger partial charge on any atom is -1.00 e. The van der Waals surface area contributed by atoms with E-state index in [1.807, 2.05) is 0 Å². The molecular weight excluding hydrogens is 733 g/mol. The Morgan fingerprint density at radius 3 is 1.04 bits per heavy atom. The zero-order chi connectivity index (χ0) is 34.2. The average Bonchev–Trinajstić information content (AvgIpc) is 3.69. The van der Waals surface area contributed by atoms with Crippen molar-refractivity contribution >= 4 is 48.0 Å². The van der Waals surface area contributed by atoms with Gasteiger partial charge >= 0.3 is 21.7 Å². The third kappa shape index (κ3) is 12.7. The van der Waals surface area contributed by atoms with Gasteiger partial charge in [-0.2, -0.15) is 12.1 Å². The van der Waals surface area contributed by atoms with E-state index in [1.165, 1.54) is 68.4 Å². The van der Waals surface area contributed by atoms with Gasteiger partial charge in [0.2, 0.25) is 0 Å². The number of hydrogen-bond donors (Lipinski definition) is 0. The number of hydrogen-bond acceptors (Lipinski definition) is 0. The predicted octanol–water partition coefficient (Wildman–Crippen LogP) is 7.30. The first-order valence-electron chi connectivity index (χ1n) is 18.1. The molecule has 0 aromatic heterocycles. The van der Waals surface area contributed by atoms with Gasteiger partial charge < -0.3 is 24.8 Å². The van der Waals surface area contributed by atoms with E-state index in [4.69, 9.17) is 0 Å². The maximum atomic E-state index is 2.48. The second-order valence-corrected chi connectivity index (χ2v) is 19.8. The van der Waals surface area contributed by atoms with Crippen LogP contribution in [0.25, 0.3) is 43.8 Å². The molecule has 0 atom stereocenters. The van der Waals surface area contributed by atoms with Gasteiger partial charge in [-0.05, 0) is 59.4 Å². The van der Waals surface area contributed by atoms with Crippen LogP contribution in [-0.2, 0) is 21.7 Å². The van der Waals surface area contributed by atoms with Gasteiger partial charge in [-0.15, -0.1) is 68.6 Å². The van der Waals surface area contributed by atoms with E-state index in [0.717, 1.165) is 23.7 Å². The Kier molecular flexibility index (Phi) is 19.4. The van der Waals surface area contributed by atoms with Gasteiger partial charge in [-0.3, -0.25) is 0 Å². The van der Waals surface area contributed by atoms with Crippen LogP contribution in [0.5, 0.6) is 0 Å². The summed E-state index contributed by atoms with van der Waals surface area (Å²) in [5.41, 5.74) is 5.36. The molecule has 0 aliphatic heterocycles. The molecule has 0 bridgehead atoms. The van der Waals surface area contributed by atoms with Crippen LogP contribution < -0.4 is 35.4 Å². The molecular formula is C46H56Cl2P2Ti. The standard InChI is InChI=1S/2C23H28P.2ClH.Ti/c2*1-17(2)15-24(16-18(3)4)21-13-20-11-8-12-22(23(20)14-21)19-9-6-5-7-10-19;;;/h2*5-14,17-18H,15-16H2,1-4H3;2*1H;/q2*-1;;;+4/p-2. The van der Waals surface area contributed by atoms with Crippen molar-refractivity contribution in [1.82, 2.24) is 0 Å². The maximum Gasteiger partial charge on any atom is 4.00 e. The number of fused-ring (bicyclic) bond motifs is 2. The van der Waals surface area contributed by atoms with Crippen LogP contribution in [0.3, 0.4) is 0 Å². The molecule has 0 aliphatic carbocycles. The van der Waals surface area contributed by atoms with Crippen molar-refractivity contribution in [2.45, 2.75) is 55.4 Å². The van der Waals surface area contributed by atoms with Crippen LogP contribution in [0, 0.1) is 23.7 Å². The second-order valence-electron chi connectivity index (χ2n) is 15.2. The van der Waals surface area contributed by atoms with Gasteiger partial charge in [-0.1, -0.05) is 155 Å². The van der Waals surface area contributed by atoms with Gasteiger partial charge in [0.1, 0.15) is 0 Å². The SMILES string of the molecule is CC(C)CP(CC(C)C)c1cc2c(-c3ccccc3)cccc2[cH-]1.CC(C)CP(CC(C)C)c1cc2c(-c3ccccc3)cccc2[cH-]1.[Cl-].[Cl-].[Ti+4]. The van der Waals surface area contributed by atoms with Gasteiger partial charge in [0, 0.05) is 0 Å². The van der Waals surface area contributed by atoms with E-state index in [9.17, 15) is 0 Å². The van der Waals surface area contributed by atoms with Crippen molar-refractivity contribution in [2.75, 3.05) is 24.6 Å². The molecule has 0 radical (unpaired) electrons. The molecule has 51 heavy (non-hydrogen) atoms. The molecule has 0 fully saturated rings. The molecule has 6 aromatic rings. The Balaban J connectivity index is 0.000000334. The Morgan fingerprint density at radius 2 is 0.745 bits per heavy atom. The van der Waals surface area contributed by atoms with Gasteiger partial charge in [-0.25, -0.2) is 0 Å². The topological polar surface area (TPSA) is 0 Å². The van der Waals surface area contributed by atoms with E-state index in [1.54, 1.807) is 10.6 Å². The van der Waals surface area contributed by atoms with E-state index in [0.29, 0.717) is 0 Å². The van der Waals surface area contributed by atoms with Crippen molar-refractivity contribution in [2.24, 2.45) is 23.7 Å². The smallest absolute Gasteiger partial charge is 1.00 e. The quantitative estimate of drug-likeness (QED) is 0.0695. The average molecular weight is 790 g/mol. The zero-order valence-corrected chi connectivity index (χ0v) is 36.7. The van der Waals surface area contributed by atoms with Crippen LogP contribution in [0.15, 0.2) is 121 Å². The first-order valence-corrected chi connectivity index (χ1v) is 21.5. The fraction of sp³-hybridized carbons (Fsp3) is 0.348. The summed E-state index contributed by atoms with van der Waals surface area (Å²) in [6, 6.07) is 44.9. The summed E-state index contributed by atoms with van der Waals surface area (Å²) in [4.78, 5) is 0. The number of benzene rings is 4. The molecule has 5 heteroatoms.